The predicted molar refractivity (Wildman–Crippen MR) is 71.7 cm³/mol. The summed E-state index contributed by atoms with van der Waals surface area (Å²) in [5, 5.41) is 9.28. The SMILES string of the molecule is CCCc1nc(N2CCN(C)CC2)ncc1CO. The Hall–Kier alpha value is -1.20. The number of hydrogen-bond acceptors (Lipinski definition) is 5. The molecule has 2 rings (SSSR count). The maximum atomic E-state index is 9.28. The van der Waals surface area contributed by atoms with E-state index in [9.17, 15) is 5.11 Å². The molecule has 1 saturated heterocycles. The van der Waals surface area contributed by atoms with Gasteiger partial charge in [-0.25, -0.2) is 9.97 Å². The fraction of sp³-hybridized carbons (Fsp3) is 0.692. The van der Waals surface area contributed by atoms with Crippen LogP contribution in [0, 0.1) is 0 Å². The second-order valence-corrected chi connectivity index (χ2v) is 4.84. The average molecular weight is 250 g/mol. The fourth-order valence-corrected chi connectivity index (χ4v) is 2.18. The number of aliphatic hydroxyl groups is 1. The first-order valence-electron chi connectivity index (χ1n) is 6.63. The summed E-state index contributed by atoms with van der Waals surface area (Å²) in [4.78, 5) is 13.5. The molecule has 0 bridgehead atoms. The van der Waals surface area contributed by atoms with Gasteiger partial charge in [-0.2, -0.15) is 0 Å². The molecule has 2 heterocycles. The number of aliphatic hydroxyl groups excluding tert-OH is 1. The normalized spacial score (nSPS) is 17.2. The molecule has 1 N–H and O–H groups in total. The highest BCUT2D eigenvalue weighted by Crippen LogP contribution is 2.15. The zero-order valence-corrected chi connectivity index (χ0v) is 11.3. The number of rotatable bonds is 4. The van der Waals surface area contributed by atoms with Crippen molar-refractivity contribution in [3.8, 4) is 0 Å². The third-order valence-electron chi connectivity index (χ3n) is 3.38. The minimum Gasteiger partial charge on any atom is -0.392 e. The Labute approximate surface area is 108 Å². The molecular formula is C13H22N4O. The standard InChI is InChI=1S/C13H22N4O/c1-3-4-12-11(10-18)9-14-13(15-12)17-7-5-16(2)6-8-17/h9,18H,3-8,10H2,1-2H3. The van der Waals surface area contributed by atoms with Crippen molar-refractivity contribution in [1.29, 1.82) is 0 Å². The minimum atomic E-state index is 0.0261. The van der Waals surface area contributed by atoms with Crippen LogP contribution < -0.4 is 4.90 Å². The molecule has 1 aliphatic heterocycles. The molecule has 1 aromatic rings. The third-order valence-corrected chi connectivity index (χ3v) is 3.38. The van der Waals surface area contributed by atoms with Gasteiger partial charge >= 0.3 is 0 Å². The molecule has 0 aromatic carbocycles. The summed E-state index contributed by atoms with van der Waals surface area (Å²) >= 11 is 0. The van der Waals surface area contributed by atoms with Gasteiger partial charge in [0.1, 0.15) is 0 Å². The monoisotopic (exact) mass is 250 g/mol. The van der Waals surface area contributed by atoms with E-state index in [4.69, 9.17) is 0 Å². The number of aromatic nitrogens is 2. The van der Waals surface area contributed by atoms with Crippen molar-refractivity contribution in [1.82, 2.24) is 14.9 Å². The van der Waals surface area contributed by atoms with E-state index in [0.29, 0.717) is 0 Å². The Bertz CT molecular complexity index is 389. The number of likely N-dealkylation sites (N-methyl/N-ethyl adjacent to an activating group) is 1. The average Bonchev–Trinajstić information content (AvgIpc) is 2.40. The minimum absolute atomic E-state index is 0.0261. The number of nitrogens with zero attached hydrogens (tertiary/aromatic N) is 4. The van der Waals surface area contributed by atoms with E-state index in [0.717, 1.165) is 56.2 Å². The van der Waals surface area contributed by atoms with E-state index in [1.54, 1.807) is 6.20 Å². The van der Waals surface area contributed by atoms with E-state index >= 15 is 0 Å². The van der Waals surface area contributed by atoms with E-state index in [1.807, 2.05) is 0 Å². The van der Waals surface area contributed by atoms with Gasteiger partial charge in [0, 0.05) is 37.9 Å². The highest BCUT2D eigenvalue weighted by Gasteiger charge is 2.17. The first-order valence-corrected chi connectivity index (χ1v) is 6.63. The van der Waals surface area contributed by atoms with Crippen molar-refractivity contribution in [3.05, 3.63) is 17.5 Å². The molecule has 5 heteroatoms. The molecule has 0 spiro atoms. The predicted octanol–water partition coefficient (Wildman–Crippen LogP) is 0.673. The molecule has 0 unspecified atom stereocenters. The Morgan fingerprint density at radius 3 is 2.61 bits per heavy atom. The molecule has 0 aliphatic carbocycles. The number of aryl methyl sites for hydroxylation is 1. The lowest BCUT2D eigenvalue weighted by molar-refractivity contribution is 0.279. The third kappa shape index (κ3) is 2.97. The van der Waals surface area contributed by atoms with E-state index in [2.05, 4.69) is 33.7 Å². The summed E-state index contributed by atoms with van der Waals surface area (Å²) in [6.07, 6.45) is 3.71. The van der Waals surface area contributed by atoms with Gasteiger partial charge < -0.3 is 14.9 Å². The Morgan fingerprint density at radius 2 is 2.00 bits per heavy atom. The summed E-state index contributed by atoms with van der Waals surface area (Å²) in [7, 11) is 2.13. The first-order chi connectivity index (χ1) is 8.74. The van der Waals surface area contributed by atoms with Gasteiger partial charge in [0.05, 0.1) is 12.3 Å². The summed E-state index contributed by atoms with van der Waals surface area (Å²) < 4.78 is 0. The van der Waals surface area contributed by atoms with E-state index < -0.39 is 0 Å². The van der Waals surface area contributed by atoms with Crippen LogP contribution in [0.4, 0.5) is 5.95 Å². The van der Waals surface area contributed by atoms with Crippen LogP contribution in [0.15, 0.2) is 6.20 Å². The van der Waals surface area contributed by atoms with Gasteiger partial charge in [0.15, 0.2) is 0 Å². The molecule has 100 valence electrons. The Kier molecular flexibility index (Phi) is 4.49. The van der Waals surface area contributed by atoms with Crippen molar-refractivity contribution in [2.75, 3.05) is 38.1 Å². The van der Waals surface area contributed by atoms with Crippen LogP contribution in [0.25, 0.3) is 0 Å². The topological polar surface area (TPSA) is 52.5 Å². The zero-order valence-electron chi connectivity index (χ0n) is 11.3. The molecule has 1 aromatic heterocycles. The van der Waals surface area contributed by atoms with E-state index in [-0.39, 0.29) is 6.61 Å². The van der Waals surface area contributed by atoms with Gasteiger partial charge in [-0.15, -0.1) is 0 Å². The van der Waals surface area contributed by atoms with Crippen molar-refractivity contribution in [3.63, 3.8) is 0 Å². The fourth-order valence-electron chi connectivity index (χ4n) is 2.18. The van der Waals surface area contributed by atoms with Gasteiger partial charge in [-0.1, -0.05) is 13.3 Å². The highest BCUT2D eigenvalue weighted by molar-refractivity contribution is 5.34. The maximum absolute atomic E-state index is 9.28. The van der Waals surface area contributed by atoms with E-state index in [1.165, 1.54) is 0 Å². The number of piperazine rings is 1. The summed E-state index contributed by atoms with van der Waals surface area (Å²) in [5.74, 6) is 0.809. The Balaban J connectivity index is 2.15. The van der Waals surface area contributed by atoms with Crippen LogP contribution in [0.3, 0.4) is 0 Å². The lowest BCUT2D eigenvalue weighted by Crippen LogP contribution is -2.45. The Morgan fingerprint density at radius 1 is 1.28 bits per heavy atom. The van der Waals surface area contributed by atoms with Crippen LogP contribution >= 0.6 is 0 Å². The molecule has 1 aliphatic rings. The van der Waals surface area contributed by atoms with Crippen LogP contribution in [0.2, 0.25) is 0 Å². The summed E-state index contributed by atoms with van der Waals surface area (Å²) in [5.41, 5.74) is 1.85. The smallest absolute Gasteiger partial charge is 0.225 e. The van der Waals surface area contributed by atoms with Crippen LogP contribution in [0.5, 0.6) is 0 Å². The van der Waals surface area contributed by atoms with Crippen LogP contribution in [-0.4, -0.2) is 53.2 Å². The largest absolute Gasteiger partial charge is 0.392 e. The summed E-state index contributed by atoms with van der Waals surface area (Å²) in [6.45, 7) is 6.20. The molecule has 0 saturated carbocycles. The van der Waals surface area contributed by atoms with Gasteiger partial charge in [-0.3, -0.25) is 0 Å². The quantitative estimate of drug-likeness (QED) is 0.851. The van der Waals surface area contributed by atoms with Crippen molar-refractivity contribution < 1.29 is 5.11 Å². The molecule has 1 fully saturated rings. The summed E-state index contributed by atoms with van der Waals surface area (Å²) in [6, 6.07) is 0. The van der Waals surface area contributed by atoms with Crippen LogP contribution in [-0.2, 0) is 13.0 Å². The first kappa shape index (κ1) is 13.2. The molecule has 0 radical (unpaired) electrons. The van der Waals surface area contributed by atoms with Crippen molar-refractivity contribution in [2.24, 2.45) is 0 Å². The molecule has 5 nitrogen and oxygen atoms in total. The zero-order chi connectivity index (χ0) is 13.0. The maximum Gasteiger partial charge on any atom is 0.225 e. The molecular weight excluding hydrogens is 228 g/mol. The lowest BCUT2D eigenvalue weighted by atomic mass is 10.1. The molecule has 0 amide bonds. The second-order valence-electron chi connectivity index (χ2n) is 4.84. The number of hydrogen-bond donors (Lipinski definition) is 1. The number of anilines is 1. The van der Waals surface area contributed by atoms with Crippen LogP contribution in [0.1, 0.15) is 24.6 Å². The van der Waals surface area contributed by atoms with Crippen molar-refractivity contribution >= 4 is 5.95 Å². The van der Waals surface area contributed by atoms with Gasteiger partial charge in [-0.05, 0) is 13.5 Å². The second kappa shape index (κ2) is 6.11. The molecule has 0 atom stereocenters. The highest BCUT2D eigenvalue weighted by atomic mass is 16.3. The van der Waals surface area contributed by atoms with Gasteiger partial charge in [0.25, 0.3) is 0 Å². The lowest BCUT2D eigenvalue weighted by Gasteiger charge is -2.32. The molecule has 18 heavy (non-hydrogen) atoms. The van der Waals surface area contributed by atoms with Gasteiger partial charge in [0.2, 0.25) is 5.95 Å². The van der Waals surface area contributed by atoms with Crippen molar-refractivity contribution in [2.45, 2.75) is 26.4 Å².